The molecular weight excluding hydrogens is 222 g/mol. The van der Waals surface area contributed by atoms with Crippen LogP contribution in [0.1, 0.15) is 24.9 Å². The molecule has 15 heavy (non-hydrogen) atoms. The van der Waals surface area contributed by atoms with Crippen molar-refractivity contribution in [2.45, 2.75) is 24.3 Å². The number of hydrogen-bond donors (Lipinski definition) is 2. The van der Waals surface area contributed by atoms with Gasteiger partial charge in [-0.2, -0.15) is 12.6 Å². The van der Waals surface area contributed by atoms with Crippen LogP contribution in [0.2, 0.25) is 0 Å². The molecule has 1 nitrogen and oxygen atoms in total. The first-order valence-corrected chi connectivity index (χ1v) is 6.94. The van der Waals surface area contributed by atoms with Crippen molar-refractivity contribution in [1.29, 1.82) is 0 Å². The van der Waals surface area contributed by atoms with Crippen LogP contribution in [-0.2, 0) is 0 Å². The van der Waals surface area contributed by atoms with Gasteiger partial charge >= 0.3 is 0 Å². The number of hydrogen-bond acceptors (Lipinski definition) is 3. The van der Waals surface area contributed by atoms with Crippen molar-refractivity contribution in [2.24, 2.45) is 0 Å². The molecule has 0 saturated heterocycles. The van der Waals surface area contributed by atoms with E-state index in [1.807, 2.05) is 18.8 Å². The van der Waals surface area contributed by atoms with Gasteiger partial charge in [0, 0.05) is 10.9 Å². The van der Waals surface area contributed by atoms with Gasteiger partial charge in [-0.25, -0.2) is 0 Å². The van der Waals surface area contributed by atoms with Gasteiger partial charge in [0.2, 0.25) is 0 Å². The maximum atomic E-state index is 4.27. The molecule has 1 atom stereocenters. The molecule has 3 heteroatoms. The summed E-state index contributed by atoms with van der Waals surface area (Å²) >= 11 is 6.15. The minimum Gasteiger partial charge on any atom is -0.313 e. The standard InChI is InChI=1S/C12H19NS2/c1-3-15-11-6-4-10(5-7-11)12(13-2)8-9-14/h4-7,12-14H,3,8-9H2,1-2H3. The van der Waals surface area contributed by atoms with Gasteiger partial charge in [0.15, 0.2) is 0 Å². The highest BCUT2D eigenvalue weighted by atomic mass is 32.2. The Hall–Kier alpha value is -0.120. The zero-order chi connectivity index (χ0) is 11.1. The first-order chi connectivity index (χ1) is 7.31. The van der Waals surface area contributed by atoms with Gasteiger partial charge in [-0.05, 0) is 42.7 Å². The molecular formula is C12H19NS2. The molecule has 0 aliphatic rings. The molecule has 0 bridgehead atoms. The summed E-state index contributed by atoms with van der Waals surface area (Å²) in [6, 6.07) is 9.26. The lowest BCUT2D eigenvalue weighted by molar-refractivity contribution is 0.581. The summed E-state index contributed by atoms with van der Waals surface area (Å²) in [4.78, 5) is 1.35. The summed E-state index contributed by atoms with van der Waals surface area (Å²) < 4.78 is 0. The zero-order valence-corrected chi connectivity index (χ0v) is 11.1. The molecule has 0 saturated carbocycles. The summed E-state index contributed by atoms with van der Waals surface area (Å²) in [7, 11) is 2.00. The van der Waals surface area contributed by atoms with Gasteiger partial charge in [-0.15, -0.1) is 11.8 Å². The van der Waals surface area contributed by atoms with E-state index in [-0.39, 0.29) is 0 Å². The van der Waals surface area contributed by atoms with E-state index >= 15 is 0 Å². The Morgan fingerprint density at radius 3 is 2.47 bits per heavy atom. The molecule has 0 aliphatic carbocycles. The highest BCUT2D eigenvalue weighted by Crippen LogP contribution is 2.22. The zero-order valence-electron chi connectivity index (χ0n) is 9.36. The van der Waals surface area contributed by atoms with Crippen molar-refractivity contribution in [3.63, 3.8) is 0 Å². The van der Waals surface area contributed by atoms with Crippen LogP contribution in [-0.4, -0.2) is 18.6 Å². The van der Waals surface area contributed by atoms with Crippen molar-refractivity contribution in [1.82, 2.24) is 5.32 Å². The van der Waals surface area contributed by atoms with E-state index in [9.17, 15) is 0 Å². The van der Waals surface area contributed by atoms with Crippen LogP contribution in [0, 0.1) is 0 Å². The van der Waals surface area contributed by atoms with Crippen LogP contribution >= 0.6 is 24.4 Å². The lowest BCUT2D eigenvalue weighted by Crippen LogP contribution is -2.16. The van der Waals surface area contributed by atoms with Gasteiger partial charge < -0.3 is 5.32 Å². The van der Waals surface area contributed by atoms with Crippen LogP contribution in [0.15, 0.2) is 29.2 Å². The number of rotatable bonds is 6. The van der Waals surface area contributed by atoms with Crippen LogP contribution in [0.4, 0.5) is 0 Å². The van der Waals surface area contributed by atoms with Crippen LogP contribution < -0.4 is 5.32 Å². The topological polar surface area (TPSA) is 12.0 Å². The van der Waals surface area contributed by atoms with Crippen molar-refractivity contribution < 1.29 is 0 Å². The molecule has 1 aromatic rings. The van der Waals surface area contributed by atoms with Crippen molar-refractivity contribution in [3.8, 4) is 0 Å². The van der Waals surface area contributed by atoms with Crippen molar-refractivity contribution in [3.05, 3.63) is 29.8 Å². The Labute approximate surface area is 102 Å². The molecule has 1 N–H and O–H groups in total. The number of thioether (sulfide) groups is 1. The van der Waals surface area contributed by atoms with Crippen LogP contribution in [0.3, 0.4) is 0 Å². The molecule has 0 heterocycles. The summed E-state index contributed by atoms with van der Waals surface area (Å²) in [6.07, 6.45) is 1.07. The van der Waals surface area contributed by atoms with E-state index in [0.717, 1.165) is 17.9 Å². The Morgan fingerprint density at radius 2 is 2.00 bits per heavy atom. The van der Waals surface area contributed by atoms with E-state index in [1.165, 1.54) is 10.5 Å². The predicted octanol–water partition coefficient (Wildman–Crippen LogP) is 3.38. The normalized spacial score (nSPS) is 12.7. The first-order valence-electron chi connectivity index (χ1n) is 5.32. The lowest BCUT2D eigenvalue weighted by Gasteiger charge is -2.15. The monoisotopic (exact) mass is 241 g/mol. The highest BCUT2D eigenvalue weighted by molar-refractivity contribution is 7.99. The summed E-state index contributed by atoms with van der Waals surface area (Å²) in [6.45, 7) is 2.18. The first kappa shape index (κ1) is 12.9. The Bertz CT molecular complexity index is 271. The summed E-state index contributed by atoms with van der Waals surface area (Å²) in [5.74, 6) is 2.04. The quantitative estimate of drug-likeness (QED) is 0.585. The van der Waals surface area contributed by atoms with Crippen molar-refractivity contribution >= 4 is 24.4 Å². The predicted molar refractivity (Wildman–Crippen MR) is 73.1 cm³/mol. The fourth-order valence-electron chi connectivity index (χ4n) is 1.57. The molecule has 0 aliphatic heterocycles. The van der Waals surface area contributed by atoms with Gasteiger partial charge in [-0.3, -0.25) is 0 Å². The Morgan fingerprint density at radius 1 is 1.33 bits per heavy atom. The second kappa shape index (κ2) is 7.20. The van der Waals surface area contributed by atoms with Crippen molar-refractivity contribution in [2.75, 3.05) is 18.6 Å². The molecule has 0 spiro atoms. The SMILES string of the molecule is CCSc1ccc(C(CCS)NC)cc1. The second-order valence-electron chi connectivity index (χ2n) is 3.36. The van der Waals surface area contributed by atoms with Crippen LogP contribution in [0.5, 0.6) is 0 Å². The molecule has 1 aromatic carbocycles. The fourth-order valence-corrected chi connectivity index (χ4v) is 2.49. The molecule has 0 fully saturated rings. The van der Waals surface area contributed by atoms with E-state index in [1.54, 1.807) is 0 Å². The summed E-state index contributed by atoms with van der Waals surface area (Å²) in [5.41, 5.74) is 1.35. The molecule has 0 radical (unpaired) electrons. The molecule has 0 amide bonds. The highest BCUT2D eigenvalue weighted by Gasteiger charge is 2.07. The third-order valence-corrected chi connectivity index (χ3v) is 3.51. The maximum Gasteiger partial charge on any atom is 0.0325 e. The molecule has 0 aromatic heterocycles. The maximum absolute atomic E-state index is 4.27. The number of nitrogens with one attached hydrogen (secondary N) is 1. The van der Waals surface area contributed by atoms with Gasteiger partial charge in [0.25, 0.3) is 0 Å². The summed E-state index contributed by atoms with van der Waals surface area (Å²) in [5, 5.41) is 3.32. The number of thiol groups is 1. The van der Waals surface area contributed by atoms with Crippen LogP contribution in [0.25, 0.3) is 0 Å². The third-order valence-electron chi connectivity index (χ3n) is 2.36. The van der Waals surface area contributed by atoms with Gasteiger partial charge in [0.1, 0.15) is 0 Å². The Kier molecular flexibility index (Phi) is 6.22. The van der Waals surface area contributed by atoms with E-state index in [0.29, 0.717) is 6.04 Å². The van der Waals surface area contributed by atoms with E-state index in [2.05, 4.69) is 49.1 Å². The average molecular weight is 241 g/mol. The molecule has 84 valence electrons. The fraction of sp³-hybridized carbons (Fsp3) is 0.500. The lowest BCUT2D eigenvalue weighted by atomic mass is 10.1. The van der Waals surface area contributed by atoms with E-state index in [4.69, 9.17) is 0 Å². The molecule has 1 unspecified atom stereocenters. The molecule has 1 rings (SSSR count). The van der Waals surface area contributed by atoms with E-state index < -0.39 is 0 Å². The second-order valence-corrected chi connectivity index (χ2v) is 5.14. The van der Waals surface area contributed by atoms with Gasteiger partial charge in [-0.1, -0.05) is 19.1 Å². The Balaban J connectivity index is 2.68. The largest absolute Gasteiger partial charge is 0.313 e. The number of benzene rings is 1. The smallest absolute Gasteiger partial charge is 0.0325 e. The van der Waals surface area contributed by atoms with Gasteiger partial charge in [0.05, 0.1) is 0 Å². The minimum absolute atomic E-state index is 0.433. The minimum atomic E-state index is 0.433. The average Bonchev–Trinajstić information content (AvgIpc) is 2.28. The third kappa shape index (κ3) is 4.09.